The van der Waals surface area contributed by atoms with E-state index in [0.717, 1.165) is 18.2 Å². The monoisotopic (exact) mass is 226 g/mol. The third kappa shape index (κ3) is 3.26. The molecule has 84 valence electrons. The van der Waals surface area contributed by atoms with Gasteiger partial charge in [-0.3, -0.25) is 0 Å². The normalized spacial score (nSPS) is 23.9. The van der Waals surface area contributed by atoms with Gasteiger partial charge in [0, 0.05) is 18.1 Å². The summed E-state index contributed by atoms with van der Waals surface area (Å²) in [6.07, 6.45) is 4.55. The molecule has 1 aliphatic heterocycles. The summed E-state index contributed by atoms with van der Waals surface area (Å²) in [6, 6.07) is 0. The number of rotatable bonds is 4. The summed E-state index contributed by atoms with van der Waals surface area (Å²) in [7, 11) is 0. The molecule has 0 aliphatic carbocycles. The van der Waals surface area contributed by atoms with Gasteiger partial charge in [0.25, 0.3) is 0 Å². The molecule has 0 bridgehead atoms. The highest BCUT2D eigenvalue weighted by Crippen LogP contribution is 2.20. The summed E-state index contributed by atoms with van der Waals surface area (Å²) in [5.74, 6) is 0.682. The molecule has 1 aromatic heterocycles. The average Bonchev–Trinajstić information content (AvgIpc) is 2.81. The Morgan fingerprint density at radius 2 is 2.67 bits per heavy atom. The van der Waals surface area contributed by atoms with Crippen molar-refractivity contribution >= 4 is 11.3 Å². The fraction of sp³-hybridized carbons (Fsp3) is 0.727. The molecular formula is C11H18N2OS. The van der Waals surface area contributed by atoms with Gasteiger partial charge in [0.1, 0.15) is 11.1 Å². The van der Waals surface area contributed by atoms with Crippen molar-refractivity contribution in [2.24, 2.45) is 5.92 Å². The Hall–Kier alpha value is -0.450. The molecule has 3 nitrogen and oxygen atoms in total. The van der Waals surface area contributed by atoms with Crippen molar-refractivity contribution in [2.75, 3.05) is 19.7 Å². The molecule has 0 radical (unpaired) electrons. The van der Waals surface area contributed by atoms with E-state index in [1.807, 2.05) is 11.6 Å². The predicted molar refractivity (Wildman–Crippen MR) is 62.1 cm³/mol. The van der Waals surface area contributed by atoms with Crippen LogP contribution in [0.15, 0.2) is 11.6 Å². The second-order valence-electron chi connectivity index (χ2n) is 4.06. The van der Waals surface area contributed by atoms with Crippen LogP contribution in [0.3, 0.4) is 0 Å². The topological polar surface area (TPSA) is 34.1 Å². The number of thiazole rings is 1. The summed E-state index contributed by atoms with van der Waals surface area (Å²) < 4.78 is 5.83. The predicted octanol–water partition coefficient (Wildman–Crippen LogP) is 2.22. The van der Waals surface area contributed by atoms with Crippen LogP contribution in [-0.4, -0.2) is 24.7 Å². The second-order valence-corrected chi connectivity index (χ2v) is 4.98. The van der Waals surface area contributed by atoms with Gasteiger partial charge in [-0.25, -0.2) is 4.98 Å². The first-order valence-electron chi connectivity index (χ1n) is 5.58. The molecule has 1 aliphatic rings. The lowest BCUT2D eigenvalue weighted by molar-refractivity contribution is 0.0334. The summed E-state index contributed by atoms with van der Waals surface area (Å²) in [5.41, 5.74) is 0. The van der Waals surface area contributed by atoms with Gasteiger partial charge in [-0.2, -0.15) is 0 Å². The largest absolute Gasteiger partial charge is 0.371 e. The van der Waals surface area contributed by atoms with E-state index in [4.69, 9.17) is 4.74 Å². The van der Waals surface area contributed by atoms with E-state index >= 15 is 0 Å². The molecule has 0 spiro atoms. The minimum absolute atomic E-state index is 0.145. The molecule has 2 heterocycles. The smallest absolute Gasteiger partial charge is 0.121 e. The lowest BCUT2D eigenvalue weighted by Crippen LogP contribution is -2.32. The van der Waals surface area contributed by atoms with Gasteiger partial charge in [-0.15, -0.1) is 11.3 Å². The Kier molecular flexibility index (Phi) is 4.11. The SMILES string of the molecule is C[C@@H](OC[C@@H]1CCCNC1)c1nccs1. The first-order valence-corrected chi connectivity index (χ1v) is 6.46. The Morgan fingerprint density at radius 1 is 1.73 bits per heavy atom. The quantitative estimate of drug-likeness (QED) is 0.855. The Bertz CT molecular complexity index is 270. The van der Waals surface area contributed by atoms with E-state index in [2.05, 4.69) is 17.2 Å². The molecule has 1 aromatic rings. The lowest BCUT2D eigenvalue weighted by Gasteiger charge is -2.23. The van der Waals surface area contributed by atoms with E-state index in [1.54, 1.807) is 11.3 Å². The molecule has 1 saturated heterocycles. The van der Waals surface area contributed by atoms with Gasteiger partial charge >= 0.3 is 0 Å². The van der Waals surface area contributed by atoms with Crippen LogP contribution >= 0.6 is 11.3 Å². The molecule has 1 N–H and O–H groups in total. The maximum Gasteiger partial charge on any atom is 0.121 e. The van der Waals surface area contributed by atoms with E-state index in [-0.39, 0.29) is 6.10 Å². The molecule has 0 unspecified atom stereocenters. The number of hydrogen-bond acceptors (Lipinski definition) is 4. The lowest BCUT2D eigenvalue weighted by atomic mass is 10.0. The molecule has 0 aromatic carbocycles. The van der Waals surface area contributed by atoms with Crippen LogP contribution < -0.4 is 5.32 Å². The van der Waals surface area contributed by atoms with Crippen LogP contribution in [0, 0.1) is 5.92 Å². The van der Waals surface area contributed by atoms with Gasteiger partial charge in [0.15, 0.2) is 0 Å². The zero-order valence-electron chi connectivity index (χ0n) is 9.11. The Morgan fingerprint density at radius 3 is 3.33 bits per heavy atom. The van der Waals surface area contributed by atoms with Gasteiger partial charge in [0.05, 0.1) is 6.61 Å². The maximum atomic E-state index is 5.83. The van der Waals surface area contributed by atoms with Crippen molar-refractivity contribution in [2.45, 2.75) is 25.9 Å². The number of ether oxygens (including phenoxy) is 1. The Labute approximate surface area is 94.9 Å². The van der Waals surface area contributed by atoms with Crippen LogP contribution in [0.4, 0.5) is 0 Å². The number of nitrogens with zero attached hydrogens (tertiary/aromatic N) is 1. The number of piperidine rings is 1. The van der Waals surface area contributed by atoms with Gasteiger partial charge in [-0.05, 0) is 32.2 Å². The highest BCUT2D eigenvalue weighted by atomic mass is 32.1. The zero-order chi connectivity index (χ0) is 10.5. The van der Waals surface area contributed by atoms with Crippen molar-refractivity contribution in [3.63, 3.8) is 0 Å². The summed E-state index contributed by atoms with van der Waals surface area (Å²) >= 11 is 1.67. The van der Waals surface area contributed by atoms with E-state index in [9.17, 15) is 0 Å². The van der Waals surface area contributed by atoms with Crippen LogP contribution in [-0.2, 0) is 4.74 Å². The minimum Gasteiger partial charge on any atom is -0.371 e. The van der Waals surface area contributed by atoms with Crippen molar-refractivity contribution in [1.29, 1.82) is 0 Å². The first-order chi connectivity index (χ1) is 7.36. The highest BCUT2D eigenvalue weighted by Gasteiger charge is 2.15. The van der Waals surface area contributed by atoms with Crippen molar-refractivity contribution in [3.8, 4) is 0 Å². The number of hydrogen-bond donors (Lipinski definition) is 1. The van der Waals surface area contributed by atoms with Crippen LogP contribution in [0.1, 0.15) is 30.9 Å². The third-order valence-electron chi connectivity index (χ3n) is 2.78. The second kappa shape index (κ2) is 5.58. The van der Waals surface area contributed by atoms with Gasteiger partial charge in [-0.1, -0.05) is 0 Å². The zero-order valence-corrected chi connectivity index (χ0v) is 9.93. The summed E-state index contributed by atoms with van der Waals surface area (Å²) in [5, 5.41) is 6.48. The molecule has 1 fully saturated rings. The van der Waals surface area contributed by atoms with E-state index < -0.39 is 0 Å². The van der Waals surface area contributed by atoms with Crippen molar-refractivity contribution in [1.82, 2.24) is 10.3 Å². The van der Waals surface area contributed by atoms with E-state index in [1.165, 1.54) is 19.4 Å². The maximum absolute atomic E-state index is 5.83. The molecule has 2 rings (SSSR count). The first kappa shape index (κ1) is 11.0. The van der Waals surface area contributed by atoms with Gasteiger partial charge < -0.3 is 10.1 Å². The van der Waals surface area contributed by atoms with Crippen LogP contribution in [0.25, 0.3) is 0 Å². The van der Waals surface area contributed by atoms with Crippen molar-refractivity contribution < 1.29 is 4.74 Å². The Balaban J connectivity index is 1.73. The molecule has 15 heavy (non-hydrogen) atoms. The molecule has 4 heteroatoms. The highest BCUT2D eigenvalue weighted by molar-refractivity contribution is 7.09. The molecule has 0 amide bonds. The fourth-order valence-corrected chi connectivity index (χ4v) is 2.50. The van der Waals surface area contributed by atoms with Crippen molar-refractivity contribution in [3.05, 3.63) is 16.6 Å². The van der Waals surface area contributed by atoms with E-state index in [0.29, 0.717) is 5.92 Å². The standard InChI is InChI=1S/C11H18N2OS/c1-9(11-13-5-6-15-11)14-8-10-3-2-4-12-7-10/h5-6,9-10,12H,2-4,7-8H2,1H3/t9-,10-/m1/s1. The molecular weight excluding hydrogens is 208 g/mol. The number of aromatic nitrogens is 1. The molecule has 2 atom stereocenters. The summed E-state index contributed by atoms with van der Waals surface area (Å²) in [4.78, 5) is 4.26. The average molecular weight is 226 g/mol. The van der Waals surface area contributed by atoms with Crippen LogP contribution in [0.2, 0.25) is 0 Å². The third-order valence-corrected chi connectivity index (χ3v) is 3.72. The number of nitrogens with one attached hydrogen (secondary N) is 1. The molecule has 0 saturated carbocycles. The minimum atomic E-state index is 0.145. The van der Waals surface area contributed by atoms with Gasteiger partial charge in [0.2, 0.25) is 0 Å². The van der Waals surface area contributed by atoms with Crippen LogP contribution in [0.5, 0.6) is 0 Å². The fourth-order valence-electron chi connectivity index (χ4n) is 1.85. The summed E-state index contributed by atoms with van der Waals surface area (Å²) in [6.45, 7) is 5.20.